The van der Waals surface area contributed by atoms with Gasteiger partial charge in [0.05, 0.1) is 6.54 Å². The lowest BCUT2D eigenvalue weighted by Crippen LogP contribution is -2.40. The Labute approximate surface area is 123 Å². The summed E-state index contributed by atoms with van der Waals surface area (Å²) in [7, 11) is 0. The first kappa shape index (κ1) is 15.2. The number of hydrogen-bond donors (Lipinski definition) is 2. The Balaban J connectivity index is 2.03. The smallest absolute Gasteiger partial charge is 0.320 e. The van der Waals surface area contributed by atoms with Crippen LogP contribution in [0.15, 0.2) is 28.7 Å². The molecule has 21 heavy (non-hydrogen) atoms. The summed E-state index contributed by atoms with van der Waals surface area (Å²) in [6, 6.07) is 7.12. The number of nitrogens with zero attached hydrogens (tertiary/aromatic N) is 2. The van der Waals surface area contributed by atoms with Crippen LogP contribution in [0, 0.1) is 12.8 Å². The number of nitrogens with one attached hydrogen (secondary N) is 1. The SMILES string of the molecule is Cc1ccc(-c2nnc(CNC(C(=O)O)C(C)C)o2)cc1. The standard InChI is InChI=1S/C15H19N3O3/c1-9(2)13(15(19)20)16-8-12-17-18-14(21-12)11-6-4-10(3)5-7-11/h4-7,9,13,16H,8H2,1-3H3,(H,19,20). The van der Waals surface area contributed by atoms with Gasteiger partial charge in [0.25, 0.3) is 0 Å². The second-order valence-corrected chi connectivity index (χ2v) is 5.31. The van der Waals surface area contributed by atoms with Gasteiger partial charge in [-0.1, -0.05) is 31.5 Å². The third kappa shape index (κ3) is 3.88. The zero-order valence-corrected chi connectivity index (χ0v) is 12.3. The number of aliphatic carboxylic acids is 1. The van der Waals surface area contributed by atoms with Crippen LogP contribution < -0.4 is 5.32 Å². The second-order valence-electron chi connectivity index (χ2n) is 5.31. The normalized spacial score (nSPS) is 12.6. The fraction of sp³-hybridized carbons (Fsp3) is 0.400. The Morgan fingerprint density at radius 1 is 1.29 bits per heavy atom. The molecule has 6 heteroatoms. The summed E-state index contributed by atoms with van der Waals surface area (Å²) in [5.74, 6) is -0.106. The van der Waals surface area contributed by atoms with Gasteiger partial charge in [-0.3, -0.25) is 10.1 Å². The van der Waals surface area contributed by atoms with E-state index in [1.54, 1.807) is 0 Å². The molecule has 1 atom stereocenters. The number of carboxylic acids is 1. The van der Waals surface area contributed by atoms with Crippen LogP contribution in [-0.4, -0.2) is 27.3 Å². The fourth-order valence-corrected chi connectivity index (χ4v) is 1.94. The van der Waals surface area contributed by atoms with Crippen molar-refractivity contribution in [3.05, 3.63) is 35.7 Å². The van der Waals surface area contributed by atoms with Crippen LogP contribution in [0.3, 0.4) is 0 Å². The molecule has 0 saturated carbocycles. The molecule has 6 nitrogen and oxygen atoms in total. The van der Waals surface area contributed by atoms with E-state index >= 15 is 0 Å². The molecule has 0 bridgehead atoms. The number of carboxylic acid groups (broad SMARTS) is 1. The Morgan fingerprint density at radius 2 is 1.95 bits per heavy atom. The highest BCUT2D eigenvalue weighted by Crippen LogP contribution is 2.18. The molecule has 0 radical (unpaired) electrons. The lowest BCUT2D eigenvalue weighted by molar-refractivity contribution is -0.140. The van der Waals surface area contributed by atoms with Gasteiger partial charge >= 0.3 is 5.97 Å². The van der Waals surface area contributed by atoms with Crippen molar-refractivity contribution in [1.29, 1.82) is 0 Å². The van der Waals surface area contributed by atoms with Gasteiger partial charge in [-0.05, 0) is 25.0 Å². The minimum Gasteiger partial charge on any atom is -0.480 e. The molecule has 1 aromatic carbocycles. The fourth-order valence-electron chi connectivity index (χ4n) is 1.94. The van der Waals surface area contributed by atoms with Crippen molar-refractivity contribution in [3.8, 4) is 11.5 Å². The molecule has 0 aliphatic carbocycles. The highest BCUT2D eigenvalue weighted by atomic mass is 16.4. The summed E-state index contributed by atoms with van der Waals surface area (Å²) in [4.78, 5) is 11.1. The second kappa shape index (κ2) is 6.49. The first-order valence-electron chi connectivity index (χ1n) is 6.83. The van der Waals surface area contributed by atoms with Crippen molar-refractivity contribution in [2.24, 2.45) is 5.92 Å². The van der Waals surface area contributed by atoms with E-state index in [0.29, 0.717) is 11.8 Å². The maximum Gasteiger partial charge on any atom is 0.320 e. The van der Waals surface area contributed by atoms with Crippen LogP contribution in [0.2, 0.25) is 0 Å². The van der Waals surface area contributed by atoms with Crippen LogP contribution in [0.25, 0.3) is 11.5 Å². The number of carbonyl (C=O) groups is 1. The number of benzene rings is 1. The summed E-state index contributed by atoms with van der Waals surface area (Å²) in [5, 5.41) is 19.9. The molecule has 112 valence electrons. The number of hydrogen-bond acceptors (Lipinski definition) is 5. The lowest BCUT2D eigenvalue weighted by Gasteiger charge is -2.16. The van der Waals surface area contributed by atoms with Gasteiger partial charge in [-0.15, -0.1) is 10.2 Å². The molecule has 0 amide bonds. The molecule has 1 unspecified atom stereocenters. The Bertz CT molecular complexity index is 605. The van der Waals surface area contributed by atoms with Gasteiger partial charge in [0.2, 0.25) is 11.8 Å². The summed E-state index contributed by atoms with van der Waals surface area (Å²) < 4.78 is 5.54. The van der Waals surface area contributed by atoms with Crippen LogP contribution in [0.5, 0.6) is 0 Å². The molecule has 0 saturated heterocycles. The van der Waals surface area contributed by atoms with Crippen molar-refractivity contribution in [2.75, 3.05) is 0 Å². The van der Waals surface area contributed by atoms with Crippen molar-refractivity contribution < 1.29 is 14.3 Å². The Hall–Kier alpha value is -2.21. The first-order valence-corrected chi connectivity index (χ1v) is 6.83. The van der Waals surface area contributed by atoms with Crippen molar-refractivity contribution in [2.45, 2.75) is 33.4 Å². The average Bonchev–Trinajstić information content (AvgIpc) is 2.87. The topological polar surface area (TPSA) is 88.2 Å². The van der Waals surface area contributed by atoms with Crippen molar-refractivity contribution in [1.82, 2.24) is 15.5 Å². The Kier molecular flexibility index (Phi) is 4.70. The lowest BCUT2D eigenvalue weighted by atomic mass is 10.1. The Morgan fingerprint density at radius 3 is 2.52 bits per heavy atom. The molecule has 2 N–H and O–H groups in total. The molecule has 1 aromatic heterocycles. The largest absolute Gasteiger partial charge is 0.480 e. The van der Waals surface area contributed by atoms with Crippen LogP contribution in [0.1, 0.15) is 25.3 Å². The van der Waals surface area contributed by atoms with E-state index in [0.717, 1.165) is 11.1 Å². The van der Waals surface area contributed by atoms with Crippen LogP contribution in [-0.2, 0) is 11.3 Å². The maximum atomic E-state index is 11.1. The van der Waals surface area contributed by atoms with Crippen molar-refractivity contribution >= 4 is 5.97 Å². The van der Waals surface area contributed by atoms with Gasteiger partial charge in [-0.2, -0.15) is 0 Å². The van der Waals surface area contributed by atoms with E-state index in [1.165, 1.54) is 0 Å². The molecule has 1 heterocycles. The van der Waals surface area contributed by atoms with Gasteiger partial charge < -0.3 is 9.52 Å². The minimum atomic E-state index is -0.886. The van der Waals surface area contributed by atoms with E-state index in [4.69, 9.17) is 9.52 Å². The third-order valence-corrected chi connectivity index (χ3v) is 3.17. The number of rotatable bonds is 6. The van der Waals surface area contributed by atoms with Gasteiger partial charge in [-0.25, -0.2) is 0 Å². The quantitative estimate of drug-likeness (QED) is 0.848. The third-order valence-electron chi connectivity index (χ3n) is 3.17. The van der Waals surface area contributed by atoms with E-state index in [1.807, 2.05) is 45.0 Å². The maximum absolute atomic E-state index is 11.1. The van der Waals surface area contributed by atoms with Crippen LogP contribution >= 0.6 is 0 Å². The minimum absolute atomic E-state index is 0.0259. The van der Waals surface area contributed by atoms with E-state index in [2.05, 4.69) is 15.5 Å². The highest BCUT2D eigenvalue weighted by molar-refractivity contribution is 5.73. The summed E-state index contributed by atoms with van der Waals surface area (Å²) in [6.07, 6.45) is 0. The zero-order valence-electron chi connectivity index (χ0n) is 12.3. The van der Waals surface area contributed by atoms with Gasteiger partial charge in [0, 0.05) is 5.56 Å². The summed E-state index contributed by atoms with van der Waals surface area (Å²) in [6.45, 7) is 5.92. The molecule has 0 aliphatic rings. The molecule has 0 spiro atoms. The molecule has 2 aromatic rings. The number of aryl methyl sites for hydroxylation is 1. The van der Waals surface area contributed by atoms with Gasteiger partial charge in [0.1, 0.15) is 6.04 Å². The monoisotopic (exact) mass is 289 g/mol. The molecule has 0 fully saturated rings. The van der Waals surface area contributed by atoms with Crippen molar-refractivity contribution in [3.63, 3.8) is 0 Å². The molecular weight excluding hydrogens is 270 g/mol. The van der Waals surface area contributed by atoms with Gasteiger partial charge in [0.15, 0.2) is 0 Å². The molecule has 0 aliphatic heterocycles. The van der Waals surface area contributed by atoms with E-state index in [9.17, 15) is 4.79 Å². The molecule has 2 rings (SSSR count). The predicted molar refractivity (Wildman–Crippen MR) is 77.6 cm³/mol. The zero-order chi connectivity index (χ0) is 15.4. The summed E-state index contributed by atoms with van der Waals surface area (Å²) in [5.41, 5.74) is 2.00. The predicted octanol–water partition coefficient (Wildman–Crippen LogP) is 2.24. The molecular formula is C15H19N3O3. The van der Waals surface area contributed by atoms with E-state index in [-0.39, 0.29) is 12.5 Å². The first-order chi connectivity index (χ1) is 9.97. The average molecular weight is 289 g/mol. The van der Waals surface area contributed by atoms with Crippen LogP contribution in [0.4, 0.5) is 0 Å². The summed E-state index contributed by atoms with van der Waals surface area (Å²) >= 11 is 0. The highest BCUT2D eigenvalue weighted by Gasteiger charge is 2.21. The number of aromatic nitrogens is 2. The van der Waals surface area contributed by atoms with E-state index < -0.39 is 12.0 Å².